The van der Waals surface area contributed by atoms with E-state index in [0.29, 0.717) is 40.4 Å². The molecule has 10 nitrogen and oxygen atoms in total. The number of rotatable bonds is 14. The number of ether oxygens (including phenoxy) is 3. The summed E-state index contributed by atoms with van der Waals surface area (Å²) in [6.07, 6.45) is 0.140. The fraction of sp³-hybridized carbons (Fsp3) is 0.235. The highest BCUT2D eigenvalue weighted by molar-refractivity contribution is 7.90. The minimum atomic E-state index is -4.01. The Kier molecular flexibility index (Phi) is 10.3. The first-order chi connectivity index (χ1) is 21.8. The molecule has 0 aliphatic carbocycles. The largest absolute Gasteiger partial charge is 0.475 e. The SMILES string of the molecule is CCCc1cc(C(=O)NOCc2ccccc2)ccc1OC(C(=O)NS(=O)(=O)CCc1ccccc1)c1ccc2c(c1)OCO2. The third-order valence-corrected chi connectivity index (χ3v) is 8.28. The molecule has 45 heavy (non-hydrogen) atoms. The lowest BCUT2D eigenvalue weighted by Crippen LogP contribution is -2.38. The van der Waals surface area contributed by atoms with E-state index in [4.69, 9.17) is 19.0 Å². The summed E-state index contributed by atoms with van der Waals surface area (Å²) in [6, 6.07) is 28.3. The fourth-order valence-corrected chi connectivity index (χ4v) is 5.77. The molecule has 1 atom stereocenters. The second-order valence-electron chi connectivity index (χ2n) is 10.4. The summed E-state index contributed by atoms with van der Waals surface area (Å²) >= 11 is 0. The Morgan fingerprint density at radius 2 is 1.56 bits per heavy atom. The minimum Gasteiger partial charge on any atom is -0.475 e. The summed E-state index contributed by atoms with van der Waals surface area (Å²) in [4.78, 5) is 31.8. The molecule has 5 rings (SSSR count). The average Bonchev–Trinajstić information content (AvgIpc) is 3.52. The van der Waals surface area contributed by atoms with Crippen LogP contribution < -0.4 is 24.4 Å². The van der Waals surface area contributed by atoms with E-state index >= 15 is 0 Å². The molecular formula is C34H34N2O8S. The summed E-state index contributed by atoms with van der Waals surface area (Å²) in [5, 5.41) is 0. The maximum atomic E-state index is 13.6. The quantitative estimate of drug-likeness (QED) is 0.186. The van der Waals surface area contributed by atoms with Gasteiger partial charge in [-0.25, -0.2) is 18.6 Å². The summed E-state index contributed by atoms with van der Waals surface area (Å²) in [6.45, 7) is 2.21. The van der Waals surface area contributed by atoms with E-state index in [-0.39, 0.29) is 25.6 Å². The van der Waals surface area contributed by atoms with Crippen molar-refractivity contribution < 1.29 is 37.1 Å². The lowest BCUT2D eigenvalue weighted by Gasteiger charge is -2.22. The number of amides is 2. The van der Waals surface area contributed by atoms with Gasteiger partial charge in [0.05, 0.1) is 12.4 Å². The number of carbonyl (C=O) groups is 2. The van der Waals surface area contributed by atoms with E-state index in [9.17, 15) is 18.0 Å². The highest BCUT2D eigenvalue weighted by atomic mass is 32.2. The summed E-state index contributed by atoms with van der Waals surface area (Å²) in [5.41, 5.74) is 5.57. The molecule has 0 saturated heterocycles. The molecule has 234 valence electrons. The first-order valence-electron chi connectivity index (χ1n) is 14.5. The molecule has 0 saturated carbocycles. The highest BCUT2D eigenvalue weighted by Crippen LogP contribution is 2.36. The van der Waals surface area contributed by atoms with Crippen molar-refractivity contribution >= 4 is 21.8 Å². The predicted molar refractivity (Wildman–Crippen MR) is 167 cm³/mol. The number of aryl methyl sites for hydroxylation is 2. The average molecular weight is 631 g/mol. The zero-order valence-corrected chi connectivity index (χ0v) is 25.5. The molecule has 0 radical (unpaired) electrons. The number of nitrogens with one attached hydrogen (secondary N) is 2. The molecule has 1 aliphatic rings. The first-order valence-corrected chi connectivity index (χ1v) is 16.2. The monoisotopic (exact) mass is 630 g/mol. The van der Waals surface area contributed by atoms with E-state index < -0.39 is 27.9 Å². The molecule has 1 heterocycles. The molecule has 0 fully saturated rings. The molecule has 0 aromatic heterocycles. The third-order valence-electron chi connectivity index (χ3n) is 7.03. The van der Waals surface area contributed by atoms with Crippen LogP contribution in [0.2, 0.25) is 0 Å². The van der Waals surface area contributed by atoms with Gasteiger partial charge in [0.25, 0.3) is 11.8 Å². The van der Waals surface area contributed by atoms with Gasteiger partial charge in [-0.1, -0.05) is 80.1 Å². The maximum absolute atomic E-state index is 13.6. The van der Waals surface area contributed by atoms with Gasteiger partial charge in [-0.3, -0.25) is 14.4 Å². The van der Waals surface area contributed by atoms with Gasteiger partial charge in [0.2, 0.25) is 22.9 Å². The standard InChI is InChI=1S/C34H34N2O8S/c1-2-9-26-20-28(33(37)35-43-22-25-12-7-4-8-13-25)15-16-29(26)44-32(27-14-17-30-31(21-27)42-23-41-30)34(38)36-45(39,40)19-18-24-10-5-3-6-11-24/h3-8,10-17,20-21,32H,2,9,18-19,22-23H2,1H3,(H,35,37)(H,36,38). The molecular weight excluding hydrogens is 596 g/mol. The third kappa shape index (κ3) is 8.62. The lowest BCUT2D eigenvalue weighted by atomic mass is 10.0. The van der Waals surface area contributed by atoms with Crippen LogP contribution in [0.4, 0.5) is 0 Å². The Hall–Kier alpha value is -4.87. The molecule has 0 spiro atoms. The zero-order chi connectivity index (χ0) is 31.6. The predicted octanol–water partition coefficient (Wildman–Crippen LogP) is 5.04. The fourth-order valence-electron chi connectivity index (χ4n) is 4.75. The van der Waals surface area contributed by atoms with Gasteiger partial charge in [0, 0.05) is 11.1 Å². The van der Waals surface area contributed by atoms with E-state index in [1.807, 2.05) is 67.6 Å². The van der Waals surface area contributed by atoms with Crippen LogP contribution in [0.1, 0.15) is 52.1 Å². The molecule has 1 aliphatic heterocycles. The van der Waals surface area contributed by atoms with Crippen LogP contribution >= 0.6 is 0 Å². The summed E-state index contributed by atoms with van der Waals surface area (Å²) in [7, 11) is -4.01. The van der Waals surface area contributed by atoms with Gasteiger partial charge in [-0.2, -0.15) is 0 Å². The number of hydroxylamine groups is 1. The number of hydrogen-bond donors (Lipinski definition) is 2. The van der Waals surface area contributed by atoms with Gasteiger partial charge in [0.15, 0.2) is 11.5 Å². The number of benzene rings is 4. The Morgan fingerprint density at radius 3 is 2.29 bits per heavy atom. The Balaban J connectivity index is 1.35. The van der Waals surface area contributed by atoms with E-state index in [1.165, 1.54) is 0 Å². The molecule has 0 bridgehead atoms. The molecule has 4 aromatic rings. The zero-order valence-electron chi connectivity index (χ0n) is 24.7. The van der Waals surface area contributed by atoms with Crippen molar-refractivity contribution in [2.75, 3.05) is 12.5 Å². The van der Waals surface area contributed by atoms with Crippen LogP contribution in [0.3, 0.4) is 0 Å². The number of carbonyl (C=O) groups excluding carboxylic acids is 2. The van der Waals surface area contributed by atoms with Crippen LogP contribution in [0.5, 0.6) is 17.2 Å². The van der Waals surface area contributed by atoms with Crippen molar-refractivity contribution in [2.45, 2.75) is 38.9 Å². The van der Waals surface area contributed by atoms with Gasteiger partial charge >= 0.3 is 0 Å². The van der Waals surface area contributed by atoms with E-state index in [1.54, 1.807) is 36.4 Å². The van der Waals surface area contributed by atoms with Crippen molar-refractivity contribution in [3.8, 4) is 17.2 Å². The van der Waals surface area contributed by atoms with Crippen LogP contribution in [0.25, 0.3) is 0 Å². The molecule has 2 N–H and O–H groups in total. The smallest absolute Gasteiger partial charge is 0.279 e. The van der Waals surface area contributed by atoms with E-state index in [2.05, 4.69) is 10.2 Å². The van der Waals surface area contributed by atoms with Crippen molar-refractivity contribution in [2.24, 2.45) is 0 Å². The topological polar surface area (TPSA) is 129 Å². The summed E-state index contributed by atoms with van der Waals surface area (Å²) in [5.74, 6) is -0.335. The van der Waals surface area contributed by atoms with Crippen molar-refractivity contribution in [1.29, 1.82) is 0 Å². The van der Waals surface area contributed by atoms with Crippen LogP contribution in [0, 0.1) is 0 Å². The molecule has 1 unspecified atom stereocenters. The van der Waals surface area contributed by atoms with Gasteiger partial charge in [-0.15, -0.1) is 0 Å². The van der Waals surface area contributed by atoms with Crippen LogP contribution in [0.15, 0.2) is 97.1 Å². The Labute approximate surface area is 262 Å². The molecule has 2 amide bonds. The van der Waals surface area contributed by atoms with Crippen LogP contribution in [-0.4, -0.2) is 32.8 Å². The highest BCUT2D eigenvalue weighted by Gasteiger charge is 2.29. The first kappa shape index (κ1) is 31.6. The van der Waals surface area contributed by atoms with Gasteiger partial charge in [0.1, 0.15) is 5.75 Å². The number of hydrogen-bond acceptors (Lipinski definition) is 8. The van der Waals surface area contributed by atoms with Crippen molar-refractivity contribution in [3.63, 3.8) is 0 Å². The lowest BCUT2D eigenvalue weighted by molar-refractivity contribution is -0.126. The molecule has 11 heteroatoms. The van der Waals surface area contributed by atoms with Gasteiger partial charge < -0.3 is 14.2 Å². The van der Waals surface area contributed by atoms with Gasteiger partial charge in [-0.05, 0) is 59.9 Å². The maximum Gasteiger partial charge on any atom is 0.279 e. The number of fused-ring (bicyclic) bond motifs is 1. The Bertz CT molecular complexity index is 1730. The van der Waals surface area contributed by atoms with Crippen molar-refractivity contribution in [1.82, 2.24) is 10.2 Å². The van der Waals surface area contributed by atoms with Crippen molar-refractivity contribution in [3.05, 3.63) is 125 Å². The van der Waals surface area contributed by atoms with E-state index in [0.717, 1.165) is 17.5 Å². The second kappa shape index (κ2) is 14.7. The second-order valence-corrected chi connectivity index (χ2v) is 12.3. The molecule has 4 aromatic carbocycles. The Morgan fingerprint density at radius 1 is 0.844 bits per heavy atom. The normalized spacial score (nSPS) is 12.7. The van der Waals surface area contributed by atoms with Crippen LogP contribution in [-0.2, 0) is 39.1 Å². The minimum absolute atomic E-state index is 0.0314. The summed E-state index contributed by atoms with van der Waals surface area (Å²) < 4.78 is 45.3. The number of sulfonamides is 1.